The van der Waals surface area contributed by atoms with Crippen molar-refractivity contribution in [3.05, 3.63) is 39.5 Å². The van der Waals surface area contributed by atoms with Gasteiger partial charge in [-0.3, -0.25) is 4.68 Å². The van der Waals surface area contributed by atoms with Gasteiger partial charge in [-0.15, -0.1) is 0 Å². The van der Waals surface area contributed by atoms with E-state index in [9.17, 15) is 26.3 Å². The van der Waals surface area contributed by atoms with Crippen molar-refractivity contribution < 1.29 is 26.3 Å². The van der Waals surface area contributed by atoms with Crippen LogP contribution in [0.15, 0.2) is 18.2 Å². The molecule has 0 fully saturated rings. The second kappa shape index (κ2) is 5.34. The predicted octanol–water partition coefficient (Wildman–Crippen LogP) is 5.43. The number of nitrogens with zero attached hydrogens (tertiary/aromatic N) is 2. The zero-order chi connectivity index (χ0) is 16.9. The van der Waals surface area contributed by atoms with Gasteiger partial charge < -0.3 is 0 Å². The number of hydrogen-bond donors (Lipinski definition) is 0. The van der Waals surface area contributed by atoms with Crippen LogP contribution in [0.3, 0.4) is 0 Å². The topological polar surface area (TPSA) is 17.8 Å². The van der Waals surface area contributed by atoms with Gasteiger partial charge in [-0.1, -0.05) is 23.2 Å². The molecule has 0 unspecified atom stereocenters. The van der Waals surface area contributed by atoms with Crippen molar-refractivity contribution in [2.75, 3.05) is 0 Å². The Morgan fingerprint density at radius 3 is 2.05 bits per heavy atom. The molecule has 0 saturated carbocycles. The first-order chi connectivity index (χ1) is 9.93. The van der Waals surface area contributed by atoms with Crippen LogP contribution in [0.4, 0.5) is 26.3 Å². The summed E-state index contributed by atoms with van der Waals surface area (Å²) in [6.45, 7) is 0. The Bertz CT molecular complexity index is 718. The molecule has 2 aromatic rings. The number of rotatable bonds is 1. The van der Waals surface area contributed by atoms with Crippen LogP contribution < -0.4 is 0 Å². The van der Waals surface area contributed by atoms with E-state index in [0.717, 1.165) is 19.2 Å². The number of halogens is 8. The summed E-state index contributed by atoms with van der Waals surface area (Å²) in [5.74, 6) is 0. The quantitative estimate of drug-likeness (QED) is 0.618. The fourth-order valence-electron chi connectivity index (χ4n) is 1.99. The molecule has 10 heteroatoms. The first-order valence-corrected chi connectivity index (χ1v) is 6.35. The molecule has 0 aliphatic heterocycles. The number of aromatic nitrogens is 2. The Morgan fingerprint density at radius 1 is 1.00 bits per heavy atom. The minimum atomic E-state index is -5.25. The van der Waals surface area contributed by atoms with Crippen molar-refractivity contribution in [2.24, 2.45) is 7.05 Å². The highest BCUT2D eigenvalue weighted by Crippen LogP contribution is 2.46. The summed E-state index contributed by atoms with van der Waals surface area (Å²) in [4.78, 5) is 0. The third-order valence-corrected chi connectivity index (χ3v) is 3.33. The highest BCUT2D eigenvalue weighted by Gasteiger charge is 2.49. The van der Waals surface area contributed by atoms with Gasteiger partial charge in [-0.05, 0) is 18.2 Å². The van der Waals surface area contributed by atoms with Gasteiger partial charge in [-0.25, -0.2) is 0 Å². The molecule has 2 rings (SSSR count). The fraction of sp³-hybridized carbons (Fsp3) is 0.250. The minimum absolute atomic E-state index is 0.134. The standard InChI is InChI=1S/C12H6Cl2F6N2/c1-22-10(12(18,19)20)8(11(15,16)17)9(21-22)6-3-2-5(13)4-7(6)14/h2-4H,1H3. The van der Waals surface area contributed by atoms with Crippen LogP contribution in [0.1, 0.15) is 11.3 Å². The van der Waals surface area contributed by atoms with Crippen LogP contribution in [0.25, 0.3) is 11.3 Å². The molecule has 0 aliphatic carbocycles. The van der Waals surface area contributed by atoms with E-state index in [4.69, 9.17) is 23.2 Å². The Labute approximate surface area is 130 Å². The number of alkyl halides is 6. The van der Waals surface area contributed by atoms with Gasteiger partial charge in [0.2, 0.25) is 0 Å². The minimum Gasteiger partial charge on any atom is -0.262 e. The van der Waals surface area contributed by atoms with E-state index < -0.39 is 29.3 Å². The summed E-state index contributed by atoms with van der Waals surface area (Å²) in [6, 6.07) is 3.42. The molecule has 1 heterocycles. The molecule has 0 aliphatic rings. The van der Waals surface area contributed by atoms with Gasteiger partial charge >= 0.3 is 12.4 Å². The molecule has 0 saturated heterocycles. The second-order valence-electron chi connectivity index (χ2n) is 4.32. The highest BCUT2D eigenvalue weighted by atomic mass is 35.5. The van der Waals surface area contributed by atoms with Gasteiger partial charge in [-0.2, -0.15) is 31.4 Å². The Hall–Kier alpha value is -1.41. The normalized spacial score (nSPS) is 12.8. The zero-order valence-electron chi connectivity index (χ0n) is 10.7. The van der Waals surface area contributed by atoms with Crippen molar-refractivity contribution >= 4 is 23.2 Å². The summed E-state index contributed by atoms with van der Waals surface area (Å²) in [5, 5.41) is 3.26. The summed E-state index contributed by atoms with van der Waals surface area (Å²) >= 11 is 11.4. The molecule has 120 valence electrons. The Kier molecular flexibility index (Phi) is 4.12. The van der Waals surface area contributed by atoms with Gasteiger partial charge in [0.1, 0.15) is 11.3 Å². The Balaban J connectivity index is 2.83. The lowest BCUT2D eigenvalue weighted by molar-refractivity contribution is -0.165. The number of hydrogen-bond acceptors (Lipinski definition) is 1. The average Bonchev–Trinajstić information content (AvgIpc) is 2.65. The molecule has 0 bridgehead atoms. The highest BCUT2D eigenvalue weighted by molar-refractivity contribution is 6.36. The van der Waals surface area contributed by atoms with Gasteiger partial charge in [0, 0.05) is 17.6 Å². The van der Waals surface area contributed by atoms with E-state index in [1.165, 1.54) is 6.07 Å². The molecule has 0 atom stereocenters. The molecule has 2 nitrogen and oxygen atoms in total. The smallest absolute Gasteiger partial charge is 0.262 e. The zero-order valence-corrected chi connectivity index (χ0v) is 12.2. The van der Waals surface area contributed by atoms with Crippen LogP contribution >= 0.6 is 23.2 Å². The monoisotopic (exact) mass is 362 g/mol. The molecule has 1 aromatic carbocycles. The number of aryl methyl sites for hydroxylation is 1. The Morgan fingerprint density at radius 2 is 1.59 bits per heavy atom. The third-order valence-electron chi connectivity index (χ3n) is 2.79. The van der Waals surface area contributed by atoms with Crippen LogP contribution in [0, 0.1) is 0 Å². The maximum atomic E-state index is 13.1. The lowest BCUT2D eigenvalue weighted by atomic mass is 10.0. The van der Waals surface area contributed by atoms with E-state index in [-0.39, 0.29) is 20.3 Å². The SMILES string of the molecule is Cn1nc(-c2ccc(Cl)cc2Cl)c(C(F)(F)F)c1C(F)(F)F. The van der Waals surface area contributed by atoms with Crippen molar-refractivity contribution in [3.63, 3.8) is 0 Å². The molecule has 0 radical (unpaired) electrons. The summed E-state index contributed by atoms with van der Waals surface area (Å²) in [6.07, 6.45) is -10.5. The summed E-state index contributed by atoms with van der Waals surface area (Å²) in [5.41, 5.74) is -4.96. The van der Waals surface area contributed by atoms with Crippen LogP contribution in [0.5, 0.6) is 0 Å². The molecular formula is C12H6Cl2F6N2. The lowest BCUT2D eigenvalue weighted by Gasteiger charge is -2.13. The van der Waals surface area contributed by atoms with Crippen LogP contribution in [-0.2, 0) is 19.4 Å². The lowest BCUT2D eigenvalue weighted by Crippen LogP contribution is -2.18. The van der Waals surface area contributed by atoms with Gasteiger partial charge in [0.15, 0.2) is 5.69 Å². The molecular weight excluding hydrogens is 357 g/mol. The molecule has 0 amide bonds. The fourth-order valence-corrected chi connectivity index (χ4v) is 2.49. The van der Waals surface area contributed by atoms with Gasteiger partial charge in [0.25, 0.3) is 0 Å². The average molecular weight is 363 g/mol. The van der Waals surface area contributed by atoms with E-state index in [1.54, 1.807) is 0 Å². The predicted molar refractivity (Wildman–Crippen MR) is 68.7 cm³/mol. The van der Waals surface area contributed by atoms with E-state index in [1.807, 2.05) is 0 Å². The summed E-state index contributed by atoms with van der Waals surface area (Å²) < 4.78 is 78.3. The first-order valence-electron chi connectivity index (χ1n) is 5.59. The molecule has 22 heavy (non-hydrogen) atoms. The largest absolute Gasteiger partial charge is 0.433 e. The van der Waals surface area contributed by atoms with Gasteiger partial charge in [0.05, 0.1) is 5.02 Å². The second-order valence-corrected chi connectivity index (χ2v) is 5.16. The maximum Gasteiger partial charge on any atom is 0.433 e. The number of benzene rings is 1. The van der Waals surface area contributed by atoms with Crippen molar-refractivity contribution in [1.29, 1.82) is 0 Å². The van der Waals surface area contributed by atoms with Crippen LogP contribution in [-0.4, -0.2) is 9.78 Å². The van der Waals surface area contributed by atoms with Crippen LogP contribution in [0.2, 0.25) is 10.0 Å². The van der Waals surface area contributed by atoms with Crippen molar-refractivity contribution in [1.82, 2.24) is 9.78 Å². The van der Waals surface area contributed by atoms with Crippen molar-refractivity contribution in [2.45, 2.75) is 12.4 Å². The third kappa shape index (κ3) is 3.03. The maximum absolute atomic E-state index is 13.1. The van der Waals surface area contributed by atoms with E-state index in [2.05, 4.69) is 5.10 Å². The molecule has 0 N–H and O–H groups in total. The van der Waals surface area contributed by atoms with E-state index in [0.29, 0.717) is 0 Å². The first kappa shape index (κ1) is 17.0. The van der Waals surface area contributed by atoms with Crippen molar-refractivity contribution in [3.8, 4) is 11.3 Å². The van der Waals surface area contributed by atoms with E-state index >= 15 is 0 Å². The molecule has 1 aromatic heterocycles. The summed E-state index contributed by atoms with van der Waals surface area (Å²) in [7, 11) is 0.783. The molecule has 0 spiro atoms.